The molecule has 5 rings (SSSR count). The Kier molecular flexibility index (Phi) is 5.47. The molecule has 0 fully saturated rings. The molecular formula is C28H24S2. The van der Waals surface area contributed by atoms with Gasteiger partial charge in [0, 0.05) is 27.8 Å². The minimum atomic E-state index is 0.399. The summed E-state index contributed by atoms with van der Waals surface area (Å²) in [5, 5.41) is 7.17. The quantitative estimate of drug-likeness (QED) is 0.231. The summed E-state index contributed by atoms with van der Waals surface area (Å²) < 4.78 is 1.32. The zero-order chi connectivity index (χ0) is 20.5. The smallest absolute Gasteiger partial charge is 0.0781 e. The summed E-state index contributed by atoms with van der Waals surface area (Å²) in [5.74, 6) is 13.5. The van der Waals surface area contributed by atoms with Gasteiger partial charge in [-0.3, -0.25) is 0 Å². The molecule has 1 aliphatic rings. The summed E-state index contributed by atoms with van der Waals surface area (Å²) >= 11 is 3.74. The largest absolute Gasteiger partial charge is 0.127 e. The highest BCUT2D eigenvalue weighted by molar-refractivity contribution is 8.00. The normalized spacial score (nSPS) is 15.1. The summed E-state index contributed by atoms with van der Waals surface area (Å²) in [7, 11) is 0. The van der Waals surface area contributed by atoms with E-state index in [-0.39, 0.29) is 0 Å². The fourth-order valence-electron chi connectivity index (χ4n) is 4.21. The third-order valence-corrected chi connectivity index (χ3v) is 7.87. The third kappa shape index (κ3) is 3.50. The van der Waals surface area contributed by atoms with Gasteiger partial charge in [-0.15, -0.1) is 29.0 Å². The molecule has 1 atom stereocenters. The molecule has 0 N–H and O–H groups in total. The Morgan fingerprint density at radius 2 is 1.53 bits per heavy atom. The highest BCUT2D eigenvalue weighted by Gasteiger charge is 2.23. The number of unbranched alkanes of at least 4 members (excludes halogenated alkanes) is 2. The topological polar surface area (TPSA) is 0 Å². The molecule has 0 spiro atoms. The Bertz CT molecular complexity index is 1380. The van der Waals surface area contributed by atoms with Crippen LogP contribution in [0.3, 0.4) is 0 Å². The molecule has 0 bridgehead atoms. The molecule has 3 aromatic carbocycles. The molecule has 0 aliphatic carbocycles. The Hall–Kier alpha value is -2.39. The molecule has 1 aliphatic heterocycles. The fraction of sp³-hybridized carbons (Fsp3) is 0.286. The van der Waals surface area contributed by atoms with Crippen molar-refractivity contribution in [2.45, 2.75) is 56.1 Å². The number of benzene rings is 3. The summed E-state index contributed by atoms with van der Waals surface area (Å²) in [6.45, 7) is 4.36. The maximum atomic E-state index is 3.48. The van der Waals surface area contributed by atoms with Crippen LogP contribution in [-0.2, 0) is 6.42 Å². The van der Waals surface area contributed by atoms with Crippen LogP contribution in [0, 0.1) is 23.7 Å². The Morgan fingerprint density at radius 1 is 0.833 bits per heavy atom. The van der Waals surface area contributed by atoms with Crippen LogP contribution in [0.1, 0.15) is 50.0 Å². The van der Waals surface area contributed by atoms with E-state index in [0.717, 1.165) is 32.1 Å². The predicted octanol–water partition coefficient (Wildman–Crippen LogP) is 8.18. The van der Waals surface area contributed by atoms with Crippen LogP contribution in [-0.4, -0.2) is 5.25 Å². The highest BCUT2D eigenvalue weighted by Crippen LogP contribution is 2.43. The molecular weight excluding hydrogens is 400 g/mol. The molecule has 0 saturated heterocycles. The minimum Gasteiger partial charge on any atom is -0.127 e. The third-order valence-electron chi connectivity index (χ3n) is 5.65. The first-order valence-electron chi connectivity index (χ1n) is 10.8. The fourth-order valence-corrected chi connectivity index (χ4v) is 6.35. The van der Waals surface area contributed by atoms with E-state index < -0.39 is 0 Å². The second-order valence-corrected chi connectivity index (χ2v) is 10.1. The van der Waals surface area contributed by atoms with Crippen LogP contribution in [0.2, 0.25) is 0 Å². The molecule has 2 heteroatoms. The van der Waals surface area contributed by atoms with Crippen molar-refractivity contribution < 1.29 is 0 Å². The van der Waals surface area contributed by atoms with Gasteiger partial charge in [-0.2, -0.15) is 0 Å². The maximum Gasteiger partial charge on any atom is 0.0781 e. The first-order chi connectivity index (χ1) is 14.8. The van der Waals surface area contributed by atoms with E-state index in [1.165, 1.54) is 47.0 Å². The van der Waals surface area contributed by atoms with Crippen molar-refractivity contribution in [1.82, 2.24) is 0 Å². The van der Waals surface area contributed by atoms with Gasteiger partial charge in [-0.1, -0.05) is 55.9 Å². The lowest BCUT2D eigenvalue weighted by molar-refractivity contribution is 0.978. The van der Waals surface area contributed by atoms with Gasteiger partial charge < -0.3 is 0 Å². The summed E-state index contributed by atoms with van der Waals surface area (Å²) in [4.78, 5) is 2.58. The van der Waals surface area contributed by atoms with Crippen LogP contribution in [0.4, 0.5) is 0 Å². The maximum absolute atomic E-state index is 3.48. The minimum absolute atomic E-state index is 0.399. The highest BCUT2D eigenvalue weighted by atomic mass is 32.2. The van der Waals surface area contributed by atoms with Gasteiger partial charge in [-0.05, 0) is 64.6 Å². The lowest BCUT2D eigenvalue weighted by Crippen LogP contribution is -1.96. The van der Waals surface area contributed by atoms with Crippen molar-refractivity contribution >= 4 is 54.7 Å². The monoisotopic (exact) mass is 424 g/mol. The van der Waals surface area contributed by atoms with Crippen LogP contribution < -0.4 is 0 Å². The molecule has 0 amide bonds. The van der Waals surface area contributed by atoms with Crippen LogP contribution in [0.15, 0.2) is 47.4 Å². The van der Waals surface area contributed by atoms with Gasteiger partial charge >= 0.3 is 0 Å². The molecule has 148 valence electrons. The average molecular weight is 425 g/mol. The van der Waals surface area contributed by atoms with Crippen molar-refractivity contribution in [3.63, 3.8) is 0 Å². The molecule has 0 saturated carbocycles. The zero-order valence-corrected chi connectivity index (χ0v) is 19.1. The van der Waals surface area contributed by atoms with E-state index in [4.69, 9.17) is 0 Å². The number of hydrogen-bond acceptors (Lipinski definition) is 2. The summed E-state index contributed by atoms with van der Waals surface area (Å²) in [6, 6.07) is 16.1. The van der Waals surface area contributed by atoms with E-state index in [2.05, 4.69) is 80.0 Å². The number of hydrogen-bond donors (Lipinski definition) is 0. The van der Waals surface area contributed by atoms with Crippen LogP contribution in [0.25, 0.3) is 31.6 Å². The molecule has 4 aromatic rings. The van der Waals surface area contributed by atoms with Crippen molar-refractivity contribution in [2.75, 3.05) is 0 Å². The van der Waals surface area contributed by atoms with Crippen LogP contribution >= 0.6 is 23.1 Å². The van der Waals surface area contributed by atoms with Crippen molar-refractivity contribution in [1.29, 1.82) is 0 Å². The Balaban J connectivity index is 1.60. The molecule has 0 radical (unpaired) electrons. The molecule has 1 unspecified atom stereocenters. The van der Waals surface area contributed by atoms with Gasteiger partial charge in [0.25, 0.3) is 0 Å². The SMILES string of the molecule is CCCC#Cc1cc2c(ccc3c4ccc5c(c4ccc23)CC(C#CCCC)S5)s1. The number of fused-ring (bicyclic) bond motifs is 7. The summed E-state index contributed by atoms with van der Waals surface area (Å²) in [6.07, 6.45) is 5.26. The van der Waals surface area contributed by atoms with Crippen molar-refractivity contribution in [3.05, 3.63) is 52.9 Å². The number of thioether (sulfide) groups is 1. The van der Waals surface area contributed by atoms with Gasteiger partial charge in [-0.25, -0.2) is 0 Å². The zero-order valence-electron chi connectivity index (χ0n) is 17.5. The molecule has 1 aromatic heterocycles. The van der Waals surface area contributed by atoms with Gasteiger partial charge in [0.05, 0.1) is 10.1 Å². The Morgan fingerprint density at radius 3 is 2.40 bits per heavy atom. The van der Waals surface area contributed by atoms with E-state index in [9.17, 15) is 0 Å². The predicted molar refractivity (Wildman–Crippen MR) is 135 cm³/mol. The lowest BCUT2D eigenvalue weighted by Gasteiger charge is -2.09. The number of rotatable bonds is 2. The standard InChI is InChI=1S/C28H24S2/c1-3-5-7-9-19-17-25-23-11-12-24-22(21(23)13-15-27(25)29-19)14-16-28-26(24)18-20(30-28)10-8-6-4-2/h11-17,20H,3-6,18H2,1-2H3. The molecule has 30 heavy (non-hydrogen) atoms. The first-order valence-corrected chi connectivity index (χ1v) is 12.5. The van der Waals surface area contributed by atoms with E-state index >= 15 is 0 Å². The second-order valence-electron chi connectivity index (χ2n) is 7.82. The van der Waals surface area contributed by atoms with Gasteiger partial charge in [0.15, 0.2) is 0 Å². The van der Waals surface area contributed by atoms with E-state index in [0.29, 0.717) is 5.25 Å². The lowest BCUT2D eigenvalue weighted by atomic mass is 9.95. The second kappa shape index (κ2) is 8.39. The molecule has 0 nitrogen and oxygen atoms in total. The Labute approximate surface area is 187 Å². The van der Waals surface area contributed by atoms with Gasteiger partial charge in [0.2, 0.25) is 0 Å². The van der Waals surface area contributed by atoms with Crippen LogP contribution in [0.5, 0.6) is 0 Å². The molecule has 2 heterocycles. The van der Waals surface area contributed by atoms with Gasteiger partial charge in [0.1, 0.15) is 0 Å². The van der Waals surface area contributed by atoms with Crippen molar-refractivity contribution in [2.24, 2.45) is 0 Å². The van der Waals surface area contributed by atoms with E-state index in [1.54, 1.807) is 11.3 Å². The first kappa shape index (κ1) is 19.6. The average Bonchev–Trinajstić information content (AvgIpc) is 3.37. The van der Waals surface area contributed by atoms with E-state index in [1.807, 2.05) is 11.8 Å². The summed E-state index contributed by atoms with van der Waals surface area (Å²) in [5.41, 5.74) is 1.48. The van der Waals surface area contributed by atoms with Crippen molar-refractivity contribution in [3.8, 4) is 23.7 Å². The number of thiophene rings is 1.